The average molecular weight is 349 g/mol. The predicted molar refractivity (Wildman–Crippen MR) is 94.2 cm³/mol. The van der Waals surface area contributed by atoms with Crippen LogP contribution in [0.2, 0.25) is 0 Å². The van der Waals surface area contributed by atoms with E-state index in [1.54, 1.807) is 38.5 Å². The van der Waals surface area contributed by atoms with E-state index in [1.807, 2.05) is 32.0 Å². The maximum Gasteiger partial charge on any atom is 0.240 e. The Morgan fingerprint density at radius 3 is 2.21 bits per heavy atom. The summed E-state index contributed by atoms with van der Waals surface area (Å²) in [7, 11) is -0.377. The second-order valence-corrected chi connectivity index (χ2v) is 7.44. The zero-order chi connectivity index (χ0) is 17.7. The van der Waals surface area contributed by atoms with Gasteiger partial charge in [-0.3, -0.25) is 0 Å². The number of rotatable bonds is 7. The molecule has 0 aliphatic carbocycles. The highest BCUT2D eigenvalue weighted by Gasteiger charge is 2.18. The van der Waals surface area contributed by atoms with Crippen LogP contribution in [0.25, 0.3) is 0 Å². The van der Waals surface area contributed by atoms with Crippen molar-refractivity contribution in [1.29, 1.82) is 0 Å². The van der Waals surface area contributed by atoms with Crippen molar-refractivity contribution in [2.24, 2.45) is 0 Å². The summed E-state index contributed by atoms with van der Waals surface area (Å²) >= 11 is 0. The van der Waals surface area contributed by atoms with E-state index in [-0.39, 0.29) is 10.9 Å². The van der Waals surface area contributed by atoms with Crippen LogP contribution in [0.15, 0.2) is 47.4 Å². The van der Waals surface area contributed by atoms with Gasteiger partial charge in [0, 0.05) is 6.04 Å². The molecule has 2 aromatic carbocycles. The lowest BCUT2D eigenvalue weighted by Gasteiger charge is -2.16. The Hall–Kier alpha value is -2.05. The van der Waals surface area contributed by atoms with Crippen molar-refractivity contribution >= 4 is 10.0 Å². The van der Waals surface area contributed by atoms with Gasteiger partial charge >= 0.3 is 0 Å². The molecular weight excluding hydrogens is 326 g/mol. The minimum atomic E-state index is -3.53. The SMILES string of the molecule is COc1ccc(C[C@@H](C)NS(=O)(=O)c2ccc(C)cc2)cc1OC. The number of hydrogen-bond donors (Lipinski definition) is 1. The third-order valence-corrected chi connectivity index (χ3v) is 5.28. The van der Waals surface area contributed by atoms with Crippen molar-refractivity contribution in [3.05, 3.63) is 53.6 Å². The lowest BCUT2D eigenvalue weighted by atomic mass is 10.1. The Balaban J connectivity index is 2.10. The first-order valence-electron chi connectivity index (χ1n) is 7.65. The number of benzene rings is 2. The molecule has 1 N–H and O–H groups in total. The van der Waals surface area contributed by atoms with Gasteiger partial charge < -0.3 is 9.47 Å². The minimum absolute atomic E-state index is 0.255. The largest absolute Gasteiger partial charge is 0.493 e. The standard InChI is InChI=1S/C18H23NO4S/c1-13-5-8-16(9-6-13)24(20,21)19-14(2)11-15-7-10-17(22-3)18(12-15)23-4/h5-10,12,14,19H,11H2,1-4H3/t14-/m1/s1. The zero-order valence-electron chi connectivity index (χ0n) is 14.4. The number of sulfonamides is 1. The second kappa shape index (κ2) is 7.68. The van der Waals surface area contributed by atoms with Crippen LogP contribution in [0.5, 0.6) is 11.5 Å². The van der Waals surface area contributed by atoms with E-state index in [0.29, 0.717) is 17.9 Å². The topological polar surface area (TPSA) is 64.6 Å². The lowest BCUT2D eigenvalue weighted by Crippen LogP contribution is -2.34. The number of hydrogen-bond acceptors (Lipinski definition) is 4. The molecule has 0 amide bonds. The molecule has 0 bridgehead atoms. The molecule has 24 heavy (non-hydrogen) atoms. The first-order chi connectivity index (χ1) is 11.4. The molecule has 0 fully saturated rings. The molecule has 0 heterocycles. The minimum Gasteiger partial charge on any atom is -0.493 e. The molecule has 2 rings (SSSR count). The van der Waals surface area contributed by atoms with Gasteiger partial charge in [0.1, 0.15) is 0 Å². The first-order valence-corrected chi connectivity index (χ1v) is 9.14. The highest BCUT2D eigenvalue weighted by molar-refractivity contribution is 7.89. The van der Waals surface area contributed by atoms with Gasteiger partial charge in [-0.25, -0.2) is 13.1 Å². The molecule has 0 spiro atoms. The summed E-state index contributed by atoms with van der Waals surface area (Å²) in [6.07, 6.45) is 0.547. The van der Waals surface area contributed by atoms with E-state index < -0.39 is 10.0 Å². The van der Waals surface area contributed by atoms with Crippen molar-refractivity contribution in [3.63, 3.8) is 0 Å². The Labute approximate surface area is 143 Å². The van der Waals surface area contributed by atoms with Crippen LogP contribution >= 0.6 is 0 Å². The smallest absolute Gasteiger partial charge is 0.240 e. The van der Waals surface area contributed by atoms with Gasteiger partial charge in [-0.05, 0) is 50.1 Å². The van der Waals surface area contributed by atoms with Crippen molar-refractivity contribution in [3.8, 4) is 11.5 Å². The van der Waals surface area contributed by atoms with Crippen molar-refractivity contribution < 1.29 is 17.9 Å². The molecule has 0 saturated heterocycles. The van der Waals surface area contributed by atoms with E-state index in [4.69, 9.17) is 9.47 Å². The number of aryl methyl sites for hydroxylation is 1. The Kier molecular flexibility index (Phi) is 5.85. The van der Waals surface area contributed by atoms with Crippen molar-refractivity contribution in [2.45, 2.75) is 31.2 Å². The van der Waals surface area contributed by atoms with Gasteiger partial charge in [0.2, 0.25) is 10.0 Å². The van der Waals surface area contributed by atoms with Crippen molar-refractivity contribution in [1.82, 2.24) is 4.72 Å². The van der Waals surface area contributed by atoms with Crippen LogP contribution < -0.4 is 14.2 Å². The highest BCUT2D eigenvalue weighted by atomic mass is 32.2. The summed E-state index contributed by atoms with van der Waals surface area (Å²) in [5.74, 6) is 1.28. The van der Waals surface area contributed by atoms with Gasteiger partial charge in [0.15, 0.2) is 11.5 Å². The summed E-state index contributed by atoms with van der Waals surface area (Å²) in [5, 5.41) is 0. The maximum atomic E-state index is 12.4. The molecule has 0 aromatic heterocycles. The summed E-state index contributed by atoms with van der Waals surface area (Å²) in [4.78, 5) is 0.271. The number of methoxy groups -OCH3 is 2. The van der Waals surface area contributed by atoms with E-state index in [2.05, 4.69) is 4.72 Å². The number of nitrogens with one attached hydrogen (secondary N) is 1. The van der Waals surface area contributed by atoms with Crippen molar-refractivity contribution in [2.75, 3.05) is 14.2 Å². The molecule has 6 heteroatoms. The third-order valence-electron chi connectivity index (χ3n) is 3.68. The molecule has 0 aliphatic rings. The molecule has 130 valence electrons. The molecule has 0 aliphatic heterocycles. The van der Waals surface area contributed by atoms with Gasteiger partial charge in [0.05, 0.1) is 19.1 Å². The van der Waals surface area contributed by atoms with Gasteiger partial charge in [0.25, 0.3) is 0 Å². The van der Waals surface area contributed by atoms with Crippen LogP contribution in [0.4, 0.5) is 0 Å². The van der Waals surface area contributed by atoms with E-state index in [0.717, 1.165) is 11.1 Å². The van der Waals surface area contributed by atoms with E-state index in [9.17, 15) is 8.42 Å². The van der Waals surface area contributed by atoms with Gasteiger partial charge in [-0.15, -0.1) is 0 Å². The first kappa shape index (κ1) is 18.3. The summed E-state index contributed by atoms with van der Waals surface area (Å²) in [6, 6.07) is 12.1. The molecule has 0 saturated carbocycles. The van der Waals surface area contributed by atoms with Gasteiger partial charge in [-0.1, -0.05) is 23.8 Å². The maximum absolute atomic E-state index is 12.4. The fourth-order valence-electron chi connectivity index (χ4n) is 2.45. The van der Waals surface area contributed by atoms with E-state index in [1.165, 1.54) is 0 Å². The predicted octanol–water partition coefficient (Wildman–Crippen LogP) is 2.92. The summed E-state index contributed by atoms with van der Waals surface area (Å²) < 4.78 is 38.0. The molecule has 5 nitrogen and oxygen atoms in total. The van der Waals surface area contributed by atoms with Gasteiger partial charge in [-0.2, -0.15) is 0 Å². The van der Waals surface area contributed by atoms with Crippen LogP contribution in [-0.2, 0) is 16.4 Å². The third kappa shape index (κ3) is 4.49. The summed E-state index contributed by atoms with van der Waals surface area (Å²) in [5.41, 5.74) is 1.99. The Bertz CT molecular complexity index is 785. The van der Waals surface area contributed by atoms with Crippen LogP contribution in [0.3, 0.4) is 0 Å². The summed E-state index contributed by atoms with van der Waals surface area (Å²) in [6.45, 7) is 3.76. The fraction of sp³-hybridized carbons (Fsp3) is 0.333. The average Bonchev–Trinajstić information content (AvgIpc) is 2.54. The lowest BCUT2D eigenvalue weighted by molar-refractivity contribution is 0.354. The Morgan fingerprint density at radius 2 is 1.62 bits per heavy atom. The van der Waals surface area contributed by atoms with Crippen LogP contribution in [-0.4, -0.2) is 28.7 Å². The fourth-order valence-corrected chi connectivity index (χ4v) is 3.70. The van der Waals surface area contributed by atoms with Crippen LogP contribution in [0, 0.1) is 6.92 Å². The highest BCUT2D eigenvalue weighted by Crippen LogP contribution is 2.28. The normalized spacial score (nSPS) is 12.7. The monoisotopic (exact) mass is 349 g/mol. The Morgan fingerprint density at radius 1 is 1.00 bits per heavy atom. The molecule has 2 aromatic rings. The second-order valence-electron chi connectivity index (χ2n) is 5.73. The quantitative estimate of drug-likeness (QED) is 0.835. The van der Waals surface area contributed by atoms with Crippen LogP contribution in [0.1, 0.15) is 18.1 Å². The molecule has 0 radical (unpaired) electrons. The molecular formula is C18H23NO4S. The zero-order valence-corrected chi connectivity index (χ0v) is 15.2. The van der Waals surface area contributed by atoms with E-state index >= 15 is 0 Å². The molecule has 1 atom stereocenters. The number of ether oxygens (including phenoxy) is 2. The molecule has 0 unspecified atom stereocenters.